The van der Waals surface area contributed by atoms with Gasteiger partial charge in [-0.25, -0.2) is 10.1 Å². The lowest BCUT2D eigenvalue weighted by molar-refractivity contribution is -0.121. The number of hydrazone groups is 1. The van der Waals surface area contributed by atoms with Gasteiger partial charge in [-0.1, -0.05) is 29.8 Å². The van der Waals surface area contributed by atoms with Crippen LogP contribution >= 0.6 is 11.6 Å². The Labute approximate surface area is 156 Å². The van der Waals surface area contributed by atoms with E-state index in [0.29, 0.717) is 10.7 Å². The topological polar surface area (TPSA) is 77.1 Å². The Morgan fingerprint density at radius 3 is 2.62 bits per heavy atom. The van der Waals surface area contributed by atoms with Gasteiger partial charge in [0.05, 0.1) is 28.9 Å². The highest BCUT2D eigenvalue weighted by Gasteiger charge is 2.13. The quantitative estimate of drug-likeness (QED) is 0.554. The van der Waals surface area contributed by atoms with Gasteiger partial charge in [-0.2, -0.15) is 15.3 Å². The summed E-state index contributed by atoms with van der Waals surface area (Å²) in [5.41, 5.74) is 6.51. The molecule has 0 spiro atoms. The van der Waals surface area contributed by atoms with Gasteiger partial charge in [0.25, 0.3) is 5.91 Å². The maximum absolute atomic E-state index is 12.0. The van der Waals surface area contributed by atoms with Crippen molar-refractivity contribution in [2.75, 3.05) is 0 Å². The van der Waals surface area contributed by atoms with Crippen molar-refractivity contribution < 1.29 is 4.79 Å². The van der Waals surface area contributed by atoms with Gasteiger partial charge in [-0.05, 0) is 39.0 Å². The van der Waals surface area contributed by atoms with E-state index in [9.17, 15) is 4.79 Å². The van der Waals surface area contributed by atoms with Crippen molar-refractivity contribution in [1.82, 2.24) is 25.0 Å². The largest absolute Gasteiger partial charge is 0.271 e. The van der Waals surface area contributed by atoms with Crippen LogP contribution in [0.1, 0.15) is 22.6 Å². The van der Waals surface area contributed by atoms with Crippen LogP contribution in [0.4, 0.5) is 0 Å². The Balaban J connectivity index is 1.70. The van der Waals surface area contributed by atoms with Crippen LogP contribution in [0, 0.1) is 20.8 Å². The molecule has 7 nitrogen and oxygen atoms in total. The number of nitrogens with zero attached hydrogens (tertiary/aromatic N) is 5. The van der Waals surface area contributed by atoms with Crippen LogP contribution in [0.15, 0.2) is 41.5 Å². The molecule has 0 aliphatic carbocycles. The number of amides is 1. The molecule has 0 aliphatic heterocycles. The molecule has 0 unspecified atom stereocenters. The zero-order valence-corrected chi connectivity index (χ0v) is 15.5. The Morgan fingerprint density at radius 1 is 1.23 bits per heavy atom. The summed E-state index contributed by atoms with van der Waals surface area (Å²) >= 11 is 6.42. The highest BCUT2D eigenvalue weighted by Crippen LogP contribution is 2.21. The number of nitrogens with one attached hydrogen (secondary N) is 1. The number of carbonyl (C=O) groups is 1. The SMILES string of the molecule is Cc1cc(C)n(CC(=O)N/N=C\c2c(C)nn(-c3ccccc3)c2Cl)n1. The lowest BCUT2D eigenvalue weighted by Gasteiger charge is -2.03. The fourth-order valence-electron chi connectivity index (χ4n) is 2.57. The van der Waals surface area contributed by atoms with Crippen molar-refractivity contribution in [3.05, 3.63) is 64.2 Å². The average molecular weight is 371 g/mol. The minimum absolute atomic E-state index is 0.104. The lowest BCUT2D eigenvalue weighted by atomic mass is 10.3. The second kappa shape index (κ2) is 7.53. The normalized spacial score (nSPS) is 11.2. The highest BCUT2D eigenvalue weighted by molar-refractivity contribution is 6.32. The summed E-state index contributed by atoms with van der Waals surface area (Å²) in [6, 6.07) is 11.5. The van der Waals surface area contributed by atoms with E-state index in [-0.39, 0.29) is 12.5 Å². The molecule has 0 bridgehead atoms. The summed E-state index contributed by atoms with van der Waals surface area (Å²) in [5.74, 6) is -0.267. The van der Waals surface area contributed by atoms with Gasteiger partial charge in [-0.3, -0.25) is 9.48 Å². The number of benzene rings is 1. The maximum atomic E-state index is 12.0. The van der Waals surface area contributed by atoms with Crippen LogP contribution in [0.25, 0.3) is 5.69 Å². The van der Waals surface area contributed by atoms with E-state index in [0.717, 1.165) is 22.8 Å². The monoisotopic (exact) mass is 370 g/mol. The molecule has 26 heavy (non-hydrogen) atoms. The van der Waals surface area contributed by atoms with E-state index in [4.69, 9.17) is 11.6 Å². The predicted molar refractivity (Wildman–Crippen MR) is 101 cm³/mol. The van der Waals surface area contributed by atoms with Crippen molar-refractivity contribution in [2.24, 2.45) is 5.10 Å². The van der Waals surface area contributed by atoms with Crippen molar-refractivity contribution in [3.63, 3.8) is 0 Å². The highest BCUT2D eigenvalue weighted by atomic mass is 35.5. The van der Waals surface area contributed by atoms with Crippen molar-refractivity contribution >= 4 is 23.7 Å². The summed E-state index contributed by atoms with van der Waals surface area (Å²) in [6.45, 7) is 5.73. The van der Waals surface area contributed by atoms with Crippen LogP contribution in [-0.2, 0) is 11.3 Å². The third-order valence-corrected chi connectivity index (χ3v) is 4.19. The lowest BCUT2D eigenvalue weighted by Crippen LogP contribution is -2.24. The molecule has 0 saturated carbocycles. The molecule has 2 heterocycles. The molecule has 3 rings (SSSR count). The molecule has 0 atom stereocenters. The van der Waals surface area contributed by atoms with E-state index >= 15 is 0 Å². The Morgan fingerprint density at radius 2 is 1.96 bits per heavy atom. The number of aromatic nitrogens is 4. The molecule has 0 radical (unpaired) electrons. The van der Waals surface area contributed by atoms with E-state index < -0.39 is 0 Å². The first-order chi connectivity index (χ1) is 12.5. The number of rotatable bonds is 5. The number of para-hydroxylation sites is 1. The number of halogens is 1. The molecule has 1 amide bonds. The molecular formula is C18H19ClN6O. The van der Waals surface area contributed by atoms with Gasteiger partial charge in [0, 0.05) is 5.69 Å². The van der Waals surface area contributed by atoms with Crippen molar-refractivity contribution in [1.29, 1.82) is 0 Å². The average Bonchev–Trinajstić information content (AvgIpc) is 3.07. The predicted octanol–water partition coefficient (Wildman–Crippen LogP) is 2.80. The Bertz CT molecular complexity index is 958. The van der Waals surface area contributed by atoms with E-state index in [1.807, 2.05) is 57.2 Å². The van der Waals surface area contributed by atoms with Gasteiger partial charge in [-0.15, -0.1) is 0 Å². The smallest absolute Gasteiger partial charge is 0.261 e. The summed E-state index contributed by atoms with van der Waals surface area (Å²) in [5, 5.41) is 13.1. The summed E-state index contributed by atoms with van der Waals surface area (Å²) in [4.78, 5) is 12.0. The molecule has 0 saturated heterocycles. The van der Waals surface area contributed by atoms with Crippen LogP contribution in [0.3, 0.4) is 0 Å². The van der Waals surface area contributed by atoms with Gasteiger partial charge in [0.2, 0.25) is 0 Å². The van der Waals surface area contributed by atoms with E-state index in [2.05, 4.69) is 20.7 Å². The molecule has 0 fully saturated rings. The van der Waals surface area contributed by atoms with E-state index in [1.54, 1.807) is 9.36 Å². The molecule has 0 aliphatic rings. The minimum atomic E-state index is -0.267. The third-order valence-electron chi connectivity index (χ3n) is 3.83. The number of aryl methyl sites for hydroxylation is 3. The molecule has 8 heteroatoms. The number of hydrogen-bond acceptors (Lipinski definition) is 4. The second-order valence-electron chi connectivity index (χ2n) is 5.92. The van der Waals surface area contributed by atoms with Crippen LogP contribution in [0.5, 0.6) is 0 Å². The van der Waals surface area contributed by atoms with Crippen molar-refractivity contribution in [2.45, 2.75) is 27.3 Å². The first-order valence-electron chi connectivity index (χ1n) is 8.09. The summed E-state index contributed by atoms with van der Waals surface area (Å²) in [7, 11) is 0. The van der Waals surface area contributed by atoms with Crippen LogP contribution in [0.2, 0.25) is 5.15 Å². The number of carbonyl (C=O) groups excluding carboxylic acids is 1. The standard InChI is InChI=1S/C18H19ClN6O/c1-12-9-13(2)24(22-12)11-17(26)21-20-10-16-14(3)23-25(18(16)19)15-7-5-4-6-8-15/h4-10H,11H2,1-3H3,(H,21,26)/b20-10-. The Kier molecular flexibility index (Phi) is 5.18. The van der Waals surface area contributed by atoms with Gasteiger partial charge in [0.1, 0.15) is 11.7 Å². The van der Waals surface area contributed by atoms with Crippen molar-refractivity contribution in [3.8, 4) is 5.69 Å². The molecule has 2 aromatic heterocycles. The maximum Gasteiger partial charge on any atom is 0.261 e. The summed E-state index contributed by atoms with van der Waals surface area (Å²) < 4.78 is 3.27. The van der Waals surface area contributed by atoms with Crippen LogP contribution < -0.4 is 5.43 Å². The first-order valence-corrected chi connectivity index (χ1v) is 8.47. The zero-order valence-electron chi connectivity index (χ0n) is 14.8. The summed E-state index contributed by atoms with van der Waals surface area (Å²) in [6.07, 6.45) is 1.50. The van der Waals surface area contributed by atoms with Gasteiger partial charge < -0.3 is 0 Å². The fourth-order valence-corrected chi connectivity index (χ4v) is 2.89. The first kappa shape index (κ1) is 17.9. The van der Waals surface area contributed by atoms with Gasteiger partial charge in [0.15, 0.2) is 0 Å². The molecule has 1 N–H and O–H groups in total. The third kappa shape index (κ3) is 3.83. The second-order valence-corrected chi connectivity index (χ2v) is 6.27. The molecule has 134 valence electrons. The zero-order chi connectivity index (χ0) is 18.7. The molecule has 3 aromatic rings. The molecule has 1 aromatic carbocycles. The number of hydrogen-bond donors (Lipinski definition) is 1. The van der Waals surface area contributed by atoms with Gasteiger partial charge >= 0.3 is 0 Å². The van der Waals surface area contributed by atoms with E-state index in [1.165, 1.54) is 6.21 Å². The minimum Gasteiger partial charge on any atom is -0.271 e. The fraction of sp³-hybridized carbons (Fsp3) is 0.222. The molecular weight excluding hydrogens is 352 g/mol. The Hall–Kier alpha value is -2.93. The van der Waals surface area contributed by atoms with Crippen LogP contribution in [-0.4, -0.2) is 31.7 Å².